The van der Waals surface area contributed by atoms with Crippen molar-refractivity contribution in [3.8, 4) is 0 Å². The van der Waals surface area contributed by atoms with E-state index in [9.17, 15) is 18.3 Å². The molecule has 1 unspecified atom stereocenters. The lowest BCUT2D eigenvalue weighted by Gasteiger charge is -2.40. The Labute approximate surface area is 70.6 Å². The van der Waals surface area contributed by atoms with E-state index < -0.39 is 17.2 Å². The fourth-order valence-corrected chi connectivity index (χ4v) is 1.16. The average Bonchev–Trinajstić information content (AvgIpc) is 1.81. The molecule has 0 heterocycles. The van der Waals surface area contributed by atoms with Crippen LogP contribution in [0.3, 0.4) is 0 Å². The van der Waals surface area contributed by atoms with Crippen LogP contribution in [0.4, 0.5) is 13.2 Å². The van der Waals surface area contributed by atoms with Gasteiger partial charge in [0.15, 0.2) is 5.60 Å². The van der Waals surface area contributed by atoms with Crippen molar-refractivity contribution in [1.82, 2.24) is 0 Å². The van der Waals surface area contributed by atoms with Gasteiger partial charge in [-0.25, -0.2) is 0 Å². The molecular formula is C8H15F3O. The first-order valence-corrected chi connectivity index (χ1v) is 3.85. The summed E-state index contributed by atoms with van der Waals surface area (Å²) in [6, 6.07) is 0. The first-order chi connectivity index (χ1) is 5.06. The van der Waals surface area contributed by atoms with Crippen LogP contribution in [0.1, 0.15) is 34.1 Å². The van der Waals surface area contributed by atoms with E-state index in [1.807, 2.05) is 0 Å². The molecule has 0 spiro atoms. The van der Waals surface area contributed by atoms with Gasteiger partial charge in [0.05, 0.1) is 0 Å². The molecule has 0 bridgehead atoms. The van der Waals surface area contributed by atoms with Gasteiger partial charge in [-0.1, -0.05) is 27.7 Å². The second kappa shape index (κ2) is 2.91. The molecule has 0 radical (unpaired) electrons. The number of aliphatic hydroxyl groups is 1. The van der Waals surface area contributed by atoms with Gasteiger partial charge in [0.25, 0.3) is 0 Å². The van der Waals surface area contributed by atoms with Crippen LogP contribution in [0, 0.1) is 5.41 Å². The highest BCUT2D eigenvalue weighted by atomic mass is 19.4. The van der Waals surface area contributed by atoms with Gasteiger partial charge >= 0.3 is 6.18 Å². The molecule has 4 heteroatoms. The number of hydrogen-bond donors (Lipinski definition) is 1. The number of hydrogen-bond acceptors (Lipinski definition) is 1. The molecule has 0 aliphatic carbocycles. The highest BCUT2D eigenvalue weighted by molar-refractivity contribution is 4.95. The average molecular weight is 184 g/mol. The second-order valence-electron chi connectivity index (χ2n) is 3.96. The Hall–Kier alpha value is -0.250. The Morgan fingerprint density at radius 3 is 1.42 bits per heavy atom. The third-order valence-electron chi connectivity index (χ3n) is 2.22. The van der Waals surface area contributed by atoms with Crippen molar-refractivity contribution in [2.75, 3.05) is 0 Å². The van der Waals surface area contributed by atoms with Crippen LogP contribution in [0.15, 0.2) is 0 Å². The minimum absolute atomic E-state index is 0.319. The van der Waals surface area contributed by atoms with Crippen LogP contribution < -0.4 is 0 Å². The van der Waals surface area contributed by atoms with E-state index >= 15 is 0 Å². The zero-order chi connectivity index (χ0) is 10.2. The van der Waals surface area contributed by atoms with Crippen molar-refractivity contribution in [2.45, 2.75) is 45.9 Å². The monoisotopic (exact) mass is 184 g/mol. The maximum Gasteiger partial charge on any atom is 0.417 e. The molecule has 74 valence electrons. The molecule has 0 aromatic rings. The Balaban J connectivity index is 4.95. The Bertz CT molecular complexity index is 141. The summed E-state index contributed by atoms with van der Waals surface area (Å²) in [7, 11) is 0. The summed E-state index contributed by atoms with van der Waals surface area (Å²) >= 11 is 0. The van der Waals surface area contributed by atoms with Crippen molar-refractivity contribution >= 4 is 0 Å². The molecule has 1 nitrogen and oxygen atoms in total. The van der Waals surface area contributed by atoms with Crippen molar-refractivity contribution in [3.63, 3.8) is 0 Å². The van der Waals surface area contributed by atoms with Gasteiger partial charge < -0.3 is 5.11 Å². The van der Waals surface area contributed by atoms with E-state index in [4.69, 9.17) is 0 Å². The van der Waals surface area contributed by atoms with E-state index in [1.165, 1.54) is 27.7 Å². The number of alkyl halides is 3. The summed E-state index contributed by atoms with van der Waals surface area (Å²) in [4.78, 5) is 0. The van der Waals surface area contributed by atoms with Crippen LogP contribution >= 0.6 is 0 Å². The topological polar surface area (TPSA) is 20.2 Å². The zero-order valence-corrected chi connectivity index (χ0v) is 7.79. The largest absolute Gasteiger partial charge is 0.417 e. The molecule has 12 heavy (non-hydrogen) atoms. The fourth-order valence-electron chi connectivity index (χ4n) is 1.16. The van der Waals surface area contributed by atoms with E-state index in [-0.39, 0.29) is 6.42 Å². The maximum absolute atomic E-state index is 12.4. The predicted octanol–water partition coefficient (Wildman–Crippen LogP) is 2.74. The van der Waals surface area contributed by atoms with Crippen LogP contribution in [0.5, 0.6) is 0 Å². The Morgan fingerprint density at radius 1 is 1.08 bits per heavy atom. The van der Waals surface area contributed by atoms with E-state index in [1.54, 1.807) is 0 Å². The van der Waals surface area contributed by atoms with Crippen molar-refractivity contribution in [2.24, 2.45) is 5.41 Å². The van der Waals surface area contributed by atoms with Crippen LogP contribution in [0.2, 0.25) is 0 Å². The molecule has 0 amide bonds. The summed E-state index contributed by atoms with van der Waals surface area (Å²) < 4.78 is 37.1. The predicted molar refractivity (Wildman–Crippen MR) is 40.8 cm³/mol. The molecule has 0 saturated heterocycles. The van der Waals surface area contributed by atoms with Crippen molar-refractivity contribution < 1.29 is 18.3 Å². The zero-order valence-electron chi connectivity index (χ0n) is 7.79. The molecular weight excluding hydrogens is 169 g/mol. The molecule has 0 aromatic carbocycles. The molecule has 0 rings (SSSR count). The standard InChI is InChI=1S/C8H15F3O/c1-5-7(12,6(2,3)4)8(9,10)11/h12H,5H2,1-4H3. The van der Waals surface area contributed by atoms with Gasteiger partial charge in [-0.3, -0.25) is 0 Å². The normalized spacial score (nSPS) is 19.0. The SMILES string of the molecule is CCC(O)(C(C)(C)C)C(F)(F)F. The Kier molecular flexibility index (Phi) is 2.85. The summed E-state index contributed by atoms with van der Waals surface area (Å²) in [6.45, 7) is 5.47. The molecule has 0 saturated carbocycles. The van der Waals surface area contributed by atoms with E-state index in [2.05, 4.69) is 0 Å². The molecule has 0 aliphatic rings. The van der Waals surface area contributed by atoms with Gasteiger partial charge in [0.1, 0.15) is 0 Å². The summed E-state index contributed by atoms with van der Waals surface area (Å²) in [6.07, 6.45) is -4.88. The number of halogens is 3. The lowest BCUT2D eigenvalue weighted by atomic mass is 9.74. The van der Waals surface area contributed by atoms with Gasteiger partial charge in [-0.15, -0.1) is 0 Å². The summed E-state index contributed by atoms with van der Waals surface area (Å²) in [5.74, 6) is 0. The van der Waals surface area contributed by atoms with Crippen molar-refractivity contribution in [1.29, 1.82) is 0 Å². The van der Waals surface area contributed by atoms with Gasteiger partial charge in [0, 0.05) is 0 Å². The maximum atomic E-state index is 12.4. The summed E-state index contributed by atoms with van der Waals surface area (Å²) in [5, 5.41) is 9.37. The fraction of sp³-hybridized carbons (Fsp3) is 1.00. The molecule has 0 fully saturated rings. The van der Waals surface area contributed by atoms with Gasteiger partial charge in [-0.05, 0) is 11.8 Å². The van der Waals surface area contributed by atoms with Gasteiger partial charge in [-0.2, -0.15) is 13.2 Å². The molecule has 1 atom stereocenters. The van der Waals surface area contributed by atoms with Crippen LogP contribution in [-0.4, -0.2) is 16.9 Å². The van der Waals surface area contributed by atoms with E-state index in [0.29, 0.717) is 0 Å². The van der Waals surface area contributed by atoms with Gasteiger partial charge in [0.2, 0.25) is 0 Å². The lowest BCUT2D eigenvalue weighted by molar-refractivity contribution is -0.295. The van der Waals surface area contributed by atoms with Crippen molar-refractivity contribution in [3.05, 3.63) is 0 Å². The lowest BCUT2D eigenvalue weighted by Crippen LogP contribution is -2.54. The highest BCUT2D eigenvalue weighted by Gasteiger charge is 2.59. The minimum atomic E-state index is -4.56. The molecule has 0 aliphatic heterocycles. The smallest absolute Gasteiger partial charge is 0.380 e. The molecule has 1 N–H and O–H groups in total. The van der Waals surface area contributed by atoms with E-state index in [0.717, 1.165) is 0 Å². The number of rotatable bonds is 1. The summed E-state index contributed by atoms with van der Waals surface area (Å²) in [5.41, 5.74) is -3.76. The third kappa shape index (κ3) is 1.73. The highest BCUT2D eigenvalue weighted by Crippen LogP contribution is 2.45. The Morgan fingerprint density at radius 2 is 1.42 bits per heavy atom. The quantitative estimate of drug-likeness (QED) is 0.664. The van der Waals surface area contributed by atoms with Crippen LogP contribution in [-0.2, 0) is 0 Å². The third-order valence-corrected chi connectivity index (χ3v) is 2.22. The first-order valence-electron chi connectivity index (χ1n) is 3.85. The second-order valence-corrected chi connectivity index (χ2v) is 3.96. The van der Waals surface area contributed by atoms with Crippen LogP contribution in [0.25, 0.3) is 0 Å². The molecule has 0 aromatic heterocycles. The minimum Gasteiger partial charge on any atom is -0.380 e. The first kappa shape index (κ1) is 11.8.